The fourth-order valence-electron chi connectivity index (χ4n) is 1.66. The number of rotatable bonds is 2. The largest absolute Gasteiger partial charge is 0.480 e. The molecule has 2 atom stereocenters. The van der Waals surface area contributed by atoms with E-state index in [1.165, 1.54) is 7.11 Å². The molecule has 2 unspecified atom stereocenters. The first-order chi connectivity index (χ1) is 6.02. The van der Waals surface area contributed by atoms with Gasteiger partial charge in [-0.05, 0) is 19.9 Å². The van der Waals surface area contributed by atoms with Crippen LogP contribution in [0.15, 0.2) is 0 Å². The molecule has 0 saturated carbocycles. The number of carboxylic acid groups (broad SMARTS) is 1. The normalized spacial score (nSPS) is 32.9. The molecule has 0 aromatic carbocycles. The van der Waals surface area contributed by atoms with Crippen molar-refractivity contribution in [3.8, 4) is 0 Å². The Morgan fingerprint density at radius 3 is 2.69 bits per heavy atom. The van der Waals surface area contributed by atoms with Gasteiger partial charge in [0, 0.05) is 0 Å². The Hall–Kier alpha value is -1.10. The first kappa shape index (κ1) is 9.98. The van der Waals surface area contributed by atoms with Crippen molar-refractivity contribution in [1.82, 2.24) is 5.32 Å². The SMILES string of the molecule is COC(=O)C1(C)CCNC1C(=O)O. The van der Waals surface area contributed by atoms with Crippen molar-refractivity contribution in [2.24, 2.45) is 5.41 Å². The lowest BCUT2D eigenvalue weighted by Gasteiger charge is -2.24. The van der Waals surface area contributed by atoms with Crippen molar-refractivity contribution in [3.63, 3.8) is 0 Å². The summed E-state index contributed by atoms with van der Waals surface area (Å²) in [6.07, 6.45) is 0.497. The maximum Gasteiger partial charge on any atom is 0.321 e. The number of nitrogens with one attached hydrogen (secondary N) is 1. The number of esters is 1. The number of carboxylic acids is 1. The molecule has 1 heterocycles. The molecule has 0 bridgehead atoms. The third kappa shape index (κ3) is 1.51. The van der Waals surface area contributed by atoms with Crippen LogP contribution in [0.5, 0.6) is 0 Å². The van der Waals surface area contributed by atoms with E-state index in [1.54, 1.807) is 6.92 Å². The molecule has 1 rings (SSSR count). The monoisotopic (exact) mass is 187 g/mol. The zero-order chi connectivity index (χ0) is 10.1. The molecule has 1 aliphatic heterocycles. The molecule has 13 heavy (non-hydrogen) atoms. The quantitative estimate of drug-likeness (QED) is 0.576. The zero-order valence-corrected chi connectivity index (χ0v) is 7.66. The molecule has 2 N–H and O–H groups in total. The predicted octanol–water partition coefficient (Wildman–Crippen LogP) is -0.388. The van der Waals surface area contributed by atoms with Crippen LogP contribution in [-0.4, -0.2) is 36.7 Å². The highest BCUT2D eigenvalue weighted by Crippen LogP contribution is 2.32. The van der Waals surface area contributed by atoms with Crippen LogP contribution in [0, 0.1) is 5.41 Å². The molecule has 0 aromatic heterocycles. The average molecular weight is 187 g/mol. The summed E-state index contributed by atoms with van der Waals surface area (Å²) in [5.41, 5.74) is -0.930. The van der Waals surface area contributed by atoms with Gasteiger partial charge >= 0.3 is 11.9 Å². The summed E-state index contributed by atoms with van der Waals surface area (Å²) in [6, 6.07) is -0.833. The second-order valence-corrected chi connectivity index (χ2v) is 3.38. The topological polar surface area (TPSA) is 75.6 Å². The number of aliphatic carboxylic acids is 1. The lowest BCUT2D eigenvalue weighted by molar-refractivity contribution is -0.158. The van der Waals surface area contributed by atoms with Crippen LogP contribution in [0.3, 0.4) is 0 Å². The van der Waals surface area contributed by atoms with Gasteiger partial charge in [-0.25, -0.2) is 0 Å². The third-order valence-corrected chi connectivity index (χ3v) is 2.53. The van der Waals surface area contributed by atoms with Crippen LogP contribution in [0.2, 0.25) is 0 Å². The molecule has 74 valence electrons. The van der Waals surface area contributed by atoms with Crippen molar-refractivity contribution >= 4 is 11.9 Å². The Kier molecular flexibility index (Phi) is 2.56. The van der Waals surface area contributed by atoms with Crippen molar-refractivity contribution in [2.75, 3.05) is 13.7 Å². The van der Waals surface area contributed by atoms with Crippen molar-refractivity contribution < 1.29 is 19.4 Å². The highest BCUT2D eigenvalue weighted by Gasteiger charge is 2.49. The van der Waals surface area contributed by atoms with Gasteiger partial charge in [-0.3, -0.25) is 9.59 Å². The summed E-state index contributed by atoms with van der Waals surface area (Å²) < 4.78 is 4.58. The van der Waals surface area contributed by atoms with Crippen LogP contribution in [-0.2, 0) is 14.3 Å². The average Bonchev–Trinajstić information content (AvgIpc) is 2.47. The molecule has 1 fully saturated rings. The Morgan fingerprint density at radius 2 is 2.23 bits per heavy atom. The lowest BCUT2D eigenvalue weighted by Crippen LogP contribution is -2.46. The highest BCUT2D eigenvalue weighted by molar-refractivity contribution is 5.87. The summed E-state index contributed by atoms with van der Waals surface area (Å²) >= 11 is 0. The highest BCUT2D eigenvalue weighted by atomic mass is 16.5. The number of hydrogen-bond acceptors (Lipinski definition) is 4. The third-order valence-electron chi connectivity index (χ3n) is 2.53. The molecule has 5 nitrogen and oxygen atoms in total. The number of ether oxygens (including phenoxy) is 1. The van der Waals surface area contributed by atoms with E-state index in [0.717, 1.165) is 0 Å². The maximum absolute atomic E-state index is 11.3. The van der Waals surface area contributed by atoms with Gasteiger partial charge < -0.3 is 15.2 Å². The Bertz CT molecular complexity index is 240. The van der Waals surface area contributed by atoms with Gasteiger partial charge in [-0.15, -0.1) is 0 Å². The molecule has 0 aliphatic carbocycles. The second kappa shape index (κ2) is 3.33. The van der Waals surface area contributed by atoms with Gasteiger partial charge in [0.2, 0.25) is 0 Å². The van der Waals surface area contributed by atoms with E-state index in [-0.39, 0.29) is 0 Å². The number of hydrogen-bond donors (Lipinski definition) is 2. The number of methoxy groups -OCH3 is 1. The predicted molar refractivity (Wildman–Crippen MR) is 44.2 cm³/mol. The summed E-state index contributed by atoms with van der Waals surface area (Å²) in [6.45, 7) is 2.14. The first-order valence-corrected chi connectivity index (χ1v) is 4.07. The Balaban J connectivity index is 2.87. The van der Waals surface area contributed by atoms with Crippen LogP contribution >= 0.6 is 0 Å². The van der Waals surface area contributed by atoms with E-state index in [2.05, 4.69) is 10.1 Å². The van der Waals surface area contributed by atoms with Crippen molar-refractivity contribution in [3.05, 3.63) is 0 Å². The summed E-state index contributed by atoms with van der Waals surface area (Å²) in [5, 5.41) is 11.6. The van der Waals surface area contributed by atoms with Crippen LogP contribution in [0.25, 0.3) is 0 Å². The van der Waals surface area contributed by atoms with E-state index in [4.69, 9.17) is 5.11 Å². The van der Waals surface area contributed by atoms with Gasteiger partial charge in [0.15, 0.2) is 0 Å². The van der Waals surface area contributed by atoms with Gasteiger partial charge in [0.1, 0.15) is 6.04 Å². The zero-order valence-electron chi connectivity index (χ0n) is 7.66. The maximum atomic E-state index is 11.3. The van der Waals surface area contributed by atoms with E-state index in [0.29, 0.717) is 13.0 Å². The molecule has 0 spiro atoms. The minimum Gasteiger partial charge on any atom is -0.480 e. The minimum atomic E-state index is -1.01. The van der Waals surface area contributed by atoms with Crippen molar-refractivity contribution in [1.29, 1.82) is 0 Å². The Morgan fingerprint density at radius 1 is 1.62 bits per heavy atom. The smallest absolute Gasteiger partial charge is 0.321 e. The van der Waals surface area contributed by atoms with Crippen LogP contribution in [0.1, 0.15) is 13.3 Å². The van der Waals surface area contributed by atoms with Gasteiger partial charge in [-0.2, -0.15) is 0 Å². The fraction of sp³-hybridized carbons (Fsp3) is 0.750. The van der Waals surface area contributed by atoms with Gasteiger partial charge in [0.05, 0.1) is 12.5 Å². The van der Waals surface area contributed by atoms with E-state index >= 15 is 0 Å². The second-order valence-electron chi connectivity index (χ2n) is 3.38. The molecular formula is C8H13NO4. The van der Waals surface area contributed by atoms with E-state index in [9.17, 15) is 9.59 Å². The number of carbonyl (C=O) groups excluding carboxylic acids is 1. The molecule has 0 amide bonds. The molecule has 5 heteroatoms. The Labute approximate surface area is 76.1 Å². The molecule has 0 radical (unpaired) electrons. The van der Waals surface area contributed by atoms with Crippen molar-refractivity contribution in [2.45, 2.75) is 19.4 Å². The van der Waals surface area contributed by atoms with E-state index < -0.39 is 23.4 Å². The summed E-state index contributed by atoms with van der Waals surface area (Å²) in [4.78, 5) is 22.1. The lowest BCUT2D eigenvalue weighted by atomic mass is 9.82. The van der Waals surface area contributed by atoms with Gasteiger partial charge in [0.25, 0.3) is 0 Å². The summed E-state index contributed by atoms with van der Waals surface area (Å²) in [5.74, 6) is -1.48. The molecule has 1 saturated heterocycles. The first-order valence-electron chi connectivity index (χ1n) is 4.07. The molecule has 0 aromatic rings. The number of carbonyl (C=O) groups is 2. The molecule has 1 aliphatic rings. The standard InChI is InChI=1S/C8H13NO4/c1-8(7(12)13-2)3-4-9-5(8)6(10)11/h5,9H,3-4H2,1-2H3,(H,10,11). The fourth-order valence-corrected chi connectivity index (χ4v) is 1.66. The van der Waals surface area contributed by atoms with Gasteiger partial charge in [-0.1, -0.05) is 0 Å². The minimum absolute atomic E-state index is 0.468. The molecular weight excluding hydrogens is 174 g/mol. The van der Waals surface area contributed by atoms with Crippen LogP contribution in [0.4, 0.5) is 0 Å². The van der Waals surface area contributed by atoms with Crippen LogP contribution < -0.4 is 5.32 Å². The van der Waals surface area contributed by atoms with E-state index in [1.807, 2.05) is 0 Å². The summed E-state index contributed by atoms with van der Waals surface area (Å²) in [7, 11) is 1.27.